The van der Waals surface area contributed by atoms with Crippen LogP contribution in [0.4, 0.5) is 4.39 Å². The second-order valence-corrected chi connectivity index (χ2v) is 8.41. The molecule has 0 spiro atoms. The molecule has 2 heterocycles. The lowest BCUT2D eigenvalue weighted by atomic mass is 10.2. The van der Waals surface area contributed by atoms with E-state index in [1.165, 1.54) is 6.07 Å². The number of nitrogens with zero attached hydrogens (tertiary/aromatic N) is 1. The summed E-state index contributed by atoms with van der Waals surface area (Å²) >= 11 is 6.82. The molecule has 2 aromatic rings. The molecule has 21 heavy (non-hydrogen) atoms. The molecule has 1 aromatic heterocycles. The number of thiophene rings is 1. The molecule has 3 rings (SSSR count). The fourth-order valence-corrected chi connectivity index (χ4v) is 5.20. The third-order valence-electron chi connectivity index (χ3n) is 3.33. The van der Waals surface area contributed by atoms with Crippen LogP contribution < -0.4 is 0 Å². The van der Waals surface area contributed by atoms with Gasteiger partial charge in [-0.1, -0.05) is 18.2 Å². The molecule has 1 fully saturated rings. The molecule has 1 atom stereocenters. The molecule has 1 aromatic carbocycles. The van der Waals surface area contributed by atoms with Crippen LogP contribution in [0.3, 0.4) is 0 Å². The van der Waals surface area contributed by atoms with Gasteiger partial charge in [0.25, 0.3) is 0 Å². The van der Waals surface area contributed by atoms with Crippen molar-refractivity contribution >= 4 is 44.9 Å². The molecule has 0 saturated carbocycles. The molecule has 1 unspecified atom stereocenters. The smallest absolute Gasteiger partial charge is 0.224 e. The molecule has 1 aliphatic heterocycles. The van der Waals surface area contributed by atoms with E-state index in [-0.39, 0.29) is 17.1 Å². The number of halogens is 2. The summed E-state index contributed by atoms with van der Waals surface area (Å²) in [4.78, 5) is 15.2. The molecule has 0 aliphatic carbocycles. The first-order valence-electron chi connectivity index (χ1n) is 6.55. The molecular formula is C15H13BrFNOS2. The van der Waals surface area contributed by atoms with Crippen LogP contribution in [0.1, 0.15) is 22.2 Å². The Morgan fingerprint density at radius 3 is 2.81 bits per heavy atom. The first-order valence-corrected chi connectivity index (χ1v) is 9.20. The molecule has 2 nitrogen and oxygen atoms in total. The fourth-order valence-electron chi connectivity index (χ4n) is 2.30. The van der Waals surface area contributed by atoms with E-state index >= 15 is 0 Å². The van der Waals surface area contributed by atoms with Crippen LogP contribution in [-0.4, -0.2) is 16.6 Å². The number of thioether (sulfide) groups is 1. The first kappa shape index (κ1) is 15.1. The molecule has 1 saturated heterocycles. The minimum atomic E-state index is -0.257. The topological polar surface area (TPSA) is 20.3 Å². The Kier molecular flexibility index (Phi) is 4.66. The second-order valence-electron chi connectivity index (χ2n) is 4.73. The summed E-state index contributed by atoms with van der Waals surface area (Å²) in [5.41, 5.74) is 0.564. The molecule has 6 heteroatoms. The van der Waals surface area contributed by atoms with Crippen molar-refractivity contribution in [2.24, 2.45) is 0 Å². The largest absolute Gasteiger partial charge is 0.321 e. The van der Waals surface area contributed by atoms with Gasteiger partial charge in [-0.3, -0.25) is 4.79 Å². The maximum absolute atomic E-state index is 13.9. The Balaban J connectivity index is 1.88. The van der Waals surface area contributed by atoms with Crippen molar-refractivity contribution in [3.63, 3.8) is 0 Å². The SMILES string of the molecule is O=C1CCSC(c2ccc(Br)s2)N1Cc1ccccc1F. The van der Waals surface area contributed by atoms with E-state index in [0.29, 0.717) is 18.5 Å². The van der Waals surface area contributed by atoms with Gasteiger partial charge in [0.2, 0.25) is 5.91 Å². The number of carbonyl (C=O) groups is 1. The van der Waals surface area contributed by atoms with E-state index in [1.807, 2.05) is 12.1 Å². The van der Waals surface area contributed by atoms with Crippen LogP contribution in [0.25, 0.3) is 0 Å². The van der Waals surface area contributed by atoms with E-state index in [0.717, 1.165) is 14.4 Å². The van der Waals surface area contributed by atoms with E-state index in [1.54, 1.807) is 46.2 Å². The Bertz CT molecular complexity index is 661. The summed E-state index contributed by atoms with van der Waals surface area (Å²) in [7, 11) is 0. The number of rotatable bonds is 3. The molecule has 0 radical (unpaired) electrons. The summed E-state index contributed by atoms with van der Waals surface area (Å²) in [6.45, 7) is 0.318. The quantitative estimate of drug-likeness (QED) is 0.754. The van der Waals surface area contributed by atoms with Crippen LogP contribution >= 0.6 is 39.0 Å². The highest BCUT2D eigenvalue weighted by molar-refractivity contribution is 9.11. The fraction of sp³-hybridized carbons (Fsp3) is 0.267. The zero-order valence-corrected chi connectivity index (χ0v) is 14.3. The van der Waals surface area contributed by atoms with Crippen molar-refractivity contribution in [3.8, 4) is 0 Å². The van der Waals surface area contributed by atoms with Gasteiger partial charge in [-0.25, -0.2) is 4.39 Å². The lowest BCUT2D eigenvalue weighted by Gasteiger charge is -2.34. The molecule has 1 aliphatic rings. The van der Waals surface area contributed by atoms with Crippen molar-refractivity contribution in [3.05, 3.63) is 56.4 Å². The number of hydrogen-bond acceptors (Lipinski definition) is 3. The van der Waals surface area contributed by atoms with E-state index < -0.39 is 0 Å². The molecule has 0 N–H and O–H groups in total. The van der Waals surface area contributed by atoms with E-state index in [9.17, 15) is 9.18 Å². The van der Waals surface area contributed by atoms with Gasteiger partial charge < -0.3 is 4.90 Å². The summed E-state index contributed by atoms with van der Waals surface area (Å²) < 4.78 is 14.9. The van der Waals surface area contributed by atoms with Gasteiger partial charge in [0.1, 0.15) is 11.2 Å². The molecule has 0 bridgehead atoms. The lowest BCUT2D eigenvalue weighted by Crippen LogP contribution is -2.36. The van der Waals surface area contributed by atoms with E-state index in [2.05, 4.69) is 15.9 Å². The summed E-state index contributed by atoms with van der Waals surface area (Å²) in [5.74, 6) is 0.644. The number of hydrogen-bond donors (Lipinski definition) is 0. The highest BCUT2D eigenvalue weighted by atomic mass is 79.9. The van der Waals surface area contributed by atoms with Crippen LogP contribution in [0.5, 0.6) is 0 Å². The average molecular weight is 386 g/mol. The van der Waals surface area contributed by atoms with Gasteiger partial charge in [-0.05, 0) is 34.1 Å². The molecule has 110 valence electrons. The Hall–Kier alpha value is -0.850. The average Bonchev–Trinajstić information content (AvgIpc) is 2.90. The first-order chi connectivity index (χ1) is 10.1. The zero-order chi connectivity index (χ0) is 14.8. The highest BCUT2D eigenvalue weighted by Gasteiger charge is 2.31. The Morgan fingerprint density at radius 1 is 1.29 bits per heavy atom. The normalized spacial score (nSPS) is 19.0. The van der Waals surface area contributed by atoms with E-state index in [4.69, 9.17) is 0 Å². The van der Waals surface area contributed by atoms with Crippen LogP contribution in [0.15, 0.2) is 40.2 Å². The summed E-state index contributed by atoms with van der Waals surface area (Å²) in [5, 5.41) is -0.0258. The molecular weight excluding hydrogens is 373 g/mol. The Morgan fingerprint density at radius 2 is 2.10 bits per heavy atom. The number of benzene rings is 1. The summed E-state index contributed by atoms with van der Waals surface area (Å²) in [6.07, 6.45) is 0.516. The van der Waals surface area contributed by atoms with Crippen molar-refractivity contribution in [1.82, 2.24) is 4.90 Å². The van der Waals surface area contributed by atoms with Crippen molar-refractivity contribution in [2.75, 3.05) is 5.75 Å². The summed E-state index contributed by atoms with van der Waals surface area (Å²) in [6, 6.07) is 10.7. The maximum Gasteiger partial charge on any atom is 0.224 e. The minimum absolute atomic E-state index is 0.0258. The standard InChI is InChI=1S/C15H13BrFNOS2/c16-13-6-5-12(21-13)15-18(14(19)7-8-20-15)9-10-3-1-2-4-11(10)17/h1-6,15H,7-9H2. The van der Waals surface area contributed by atoms with Crippen LogP contribution in [0.2, 0.25) is 0 Å². The van der Waals surface area contributed by atoms with Gasteiger partial charge in [-0.2, -0.15) is 0 Å². The van der Waals surface area contributed by atoms with Gasteiger partial charge in [-0.15, -0.1) is 23.1 Å². The van der Waals surface area contributed by atoms with Gasteiger partial charge >= 0.3 is 0 Å². The maximum atomic E-state index is 13.9. The third kappa shape index (κ3) is 3.33. The van der Waals surface area contributed by atoms with Gasteiger partial charge in [0.05, 0.1) is 10.3 Å². The third-order valence-corrected chi connectivity index (χ3v) is 6.42. The van der Waals surface area contributed by atoms with Gasteiger partial charge in [0, 0.05) is 22.6 Å². The monoisotopic (exact) mass is 385 g/mol. The van der Waals surface area contributed by atoms with Crippen LogP contribution in [-0.2, 0) is 11.3 Å². The van der Waals surface area contributed by atoms with Crippen LogP contribution in [0, 0.1) is 5.82 Å². The van der Waals surface area contributed by atoms with Crippen molar-refractivity contribution in [1.29, 1.82) is 0 Å². The number of amides is 1. The predicted molar refractivity (Wildman–Crippen MR) is 88.8 cm³/mol. The minimum Gasteiger partial charge on any atom is -0.321 e. The van der Waals surface area contributed by atoms with Crippen molar-refractivity contribution in [2.45, 2.75) is 18.3 Å². The zero-order valence-electron chi connectivity index (χ0n) is 11.1. The number of carbonyl (C=O) groups excluding carboxylic acids is 1. The van der Waals surface area contributed by atoms with Crippen molar-refractivity contribution < 1.29 is 9.18 Å². The lowest BCUT2D eigenvalue weighted by molar-refractivity contribution is -0.132. The van der Waals surface area contributed by atoms with Gasteiger partial charge in [0.15, 0.2) is 0 Å². The molecule has 1 amide bonds. The predicted octanol–water partition coefficient (Wildman–Crippen LogP) is 4.81. The highest BCUT2D eigenvalue weighted by Crippen LogP contribution is 2.42. The Labute approximate surface area is 139 Å². The second kappa shape index (κ2) is 6.50.